The number of hydrazine groups is 2. The molecule has 0 bridgehead atoms. The van der Waals surface area contributed by atoms with Crippen molar-refractivity contribution in [3.05, 3.63) is 58.7 Å². The molecule has 2 aromatic carbocycles. The maximum Gasteiger partial charge on any atom is 0.238 e. The first-order valence-corrected chi connectivity index (χ1v) is 13.3. The molecule has 2 rings (SSSR count). The van der Waals surface area contributed by atoms with Crippen molar-refractivity contribution in [2.45, 2.75) is 72.6 Å². The molecule has 12 nitrogen and oxygen atoms in total. The fourth-order valence-corrected chi connectivity index (χ4v) is 3.48. The van der Waals surface area contributed by atoms with Crippen LogP contribution in [-0.4, -0.2) is 35.4 Å². The molecule has 0 fully saturated rings. The van der Waals surface area contributed by atoms with Crippen LogP contribution in [-0.2, 0) is 28.8 Å². The van der Waals surface area contributed by atoms with Crippen LogP contribution < -0.4 is 32.3 Å². The molecule has 0 aliphatic heterocycles. The Morgan fingerprint density at radius 3 is 1.10 bits per heavy atom. The van der Waals surface area contributed by atoms with Crippen LogP contribution in [0.15, 0.2) is 36.4 Å². The summed E-state index contributed by atoms with van der Waals surface area (Å²) < 4.78 is 0. The summed E-state index contributed by atoms with van der Waals surface area (Å²) in [6.45, 7) is 7.80. The Morgan fingerprint density at radius 2 is 0.756 bits per heavy atom. The molecule has 6 N–H and O–H groups in total. The topological polar surface area (TPSA) is 175 Å². The first-order chi connectivity index (χ1) is 19.4. The minimum absolute atomic E-state index is 0.0481. The molecule has 41 heavy (non-hydrogen) atoms. The van der Waals surface area contributed by atoms with Gasteiger partial charge in [0.15, 0.2) is 0 Å². The SMILES string of the molecule is Cc1ccc(NC(=O)CCC(=O)NNC(=O)CCCC(=O)NNC(=O)CCC(=O)Nc2ccc(C)c(C)c2)cc1C. The predicted molar refractivity (Wildman–Crippen MR) is 154 cm³/mol. The highest BCUT2D eigenvalue weighted by molar-refractivity contribution is 5.94. The van der Waals surface area contributed by atoms with E-state index in [0.717, 1.165) is 22.3 Å². The fourth-order valence-electron chi connectivity index (χ4n) is 3.48. The summed E-state index contributed by atoms with van der Waals surface area (Å²) in [5, 5.41) is 5.44. The van der Waals surface area contributed by atoms with E-state index in [2.05, 4.69) is 32.3 Å². The van der Waals surface area contributed by atoms with Crippen LogP contribution in [0.5, 0.6) is 0 Å². The number of nitrogens with one attached hydrogen (secondary N) is 6. The Hall–Kier alpha value is -4.74. The third-order valence-corrected chi connectivity index (χ3v) is 6.23. The lowest BCUT2D eigenvalue weighted by Gasteiger charge is -2.10. The van der Waals surface area contributed by atoms with E-state index in [9.17, 15) is 28.8 Å². The van der Waals surface area contributed by atoms with Gasteiger partial charge in [-0.3, -0.25) is 50.5 Å². The summed E-state index contributed by atoms with van der Waals surface area (Å²) in [6.07, 6.45) is -0.283. The van der Waals surface area contributed by atoms with E-state index < -0.39 is 23.6 Å². The molecule has 0 saturated heterocycles. The molecule has 0 atom stereocenters. The maximum absolute atomic E-state index is 12.0. The lowest BCUT2D eigenvalue weighted by Crippen LogP contribution is -2.42. The molecular formula is C29H38N6O6. The van der Waals surface area contributed by atoms with Crippen molar-refractivity contribution in [1.82, 2.24) is 21.7 Å². The monoisotopic (exact) mass is 566 g/mol. The number of amides is 6. The summed E-state index contributed by atoms with van der Waals surface area (Å²) in [4.78, 5) is 71.7. The summed E-state index contributed by atoms with van der Waals surface area (Å²) in [7, 11) is 0. The average molecular weight is 567 g/mol. The van der Waals surface area contributed by atoms with Crippen LogP contribution in [0.3, 0.4) is 0 Å². The van der Waals surface area contributed by atoms with E-state index in [1.807, 2.05) is 52.0 Å². The molecule has 2 aromatic rings. The van der Waals surface area contributed by atoms with Crippen LogP contribution in [0.25, 0.3) is 0 Å². The second-order valence-corrected chi connectivity index (χ2v) is 9.74. The van der Waals surface area contributed by atoms with Crippen molar-refractivity contribution in [2.75, 3.05) is 10.6 Å². The molecule has 0 aromatic heterocycles. The highest BCUT2D eigenvalue weighted by atomic mass is 16.2. The Kier molecular flexibility index (Phi) is 13.0. The van der Waals surface area contributed by atoms with Gasteiger partial charge in [0, 0.05) is 49.9 Å². The van der Waals surface area contributed by atoms with Crippen LogP contribution in [0, 0.1) is 27.7 Å². The number of benzene rings is 2. The summed E-state index contributed by atoms with van der Waals surface area (Å²) in [6, 6.07) is 11.0. The third kappa shape index (κ3) is 12.8. The van der Waals surface area contributed by atoms with E-state index in [1.165, 1.54) is 0 Å². The normalized spacial score (nSPS) is 10.2. The number of anilines is 2. The molecule has 0 saturated carbocycles. The lowest BCUT2D eigenvalue weighted by atomic mass is 10.1. The van der Waals surface area contributed by atoms with Crippen LogP contribution in [0.2, 0.25) is 0 Å². The number of hydrogen-bond donors (Lipinski definition) is 6. The van der Waals surface area contributed by atoms with Gasteiger partial charge in [-0.05, 0) is 80.6 Å². The number of aryl methyl sites for hydroxylation is 4. The molecule has 0 unspecified atom stereocenters. The molecule has 220 valence electrons. The fraction of sp³-hybridized carbons (Fsp3) is 0.379. The summed E-state index contributed by atoms with van der Waals surface area (Å²) in [5.41, 5.74) is 14.5. The molecule has 0 spiro atoms. The number of rotatable bonds is 12. The van der Waals surface area contributed by atoms with Gasteiger partial charge in [-0.25, -0.2) is 0 Å². The highest BCUT2D eigenvalue weighted by Gasteiger charge is 2.12. The Morgan fingerprint density at radius 1 is 0.439 bits per heavy atom. The Balaban J connectivity index is 1.52. The van der Waals surface area contributed by atoms with Crippen molar-refractivity contribution in [3.63, 3.8) is 0 Å². The minimum Gasteiger partial charge on any atom is -0.326 e. The van der Waals surface area contributed by atoms with E-state index in [1.54, 1.807) is 12.1 Å². The van der Waals surface area contributed by atoms with Crippen LogP contribution in [0.4, 0.5) is 11.4 Å². The van der Waals surface area contributed by atoms with Gasteiger partial charge >= 0.3 is 0 Å². The highest BCUT2D eigenvalue weighted by Crippen LogP contribution is 2.15. The lowest BCUT2D eigenvalue weighted by molar-refractivity contribution is -0.130. The molecule has 0 aliphatic rings. The molecule has 6 amide bonds. The second kappa shape index (κ2) is 16.4. The van der Waals surface area contributed by atoms with Crippen molar-refractivity contribution < 1.29 is 28.8 Å². The number of carbonyl (C=O) groups is 6. The van der Waals surface area contributed by atoms with Crippen molar-refractivity contribution in [2.24, 2.45) is 0 Å². The third-order valence-electron chi connectivity index (χ3n) is 6.23. The minimum atomic E-state index is -0.531. The second-order valence-electron chi connectivity index (χ2n) is 9.74. The Bertz CT molecular complexity index is 1200. The zero-order valence-corrected chi connectivity index (χ0v) is 23.9. The first kappa shape index (κ1) is 32.5. The van der Waals surface area contributed by atoms with Gasteiger partial charge in [-0.2, -0.15) is 0 Å². The van der Waals surface area contributed by atoms with E-state index in [-0.39, 0.29) is 56.8 Å². The van der Waals surface area contributed by atoms with Gasteiger partial charge < -0.3 is 10.6 Å². The van der Waals surface area contributed by atoms with E-state index >= 15 is 0 Å². The standard InChI is InChI=1S/C29H38N6O6/c1-18-8-10-22(16-20(18)3)30-24(36)12-14-28(40)34-32-26(38)6-5-7-27(39)33-35-29(41)15-13-25(37)31-23-11-9-19(2)21(4)17-23/h8-11,16-17H,5-7,12-15H2,1-4H3,(H,30,36)(H,31,37)(H,32,38)(H,33,39)(H,34,40)(H,35,41). The van der Waals surface area contributed by atoms with Gasteiger partial charge in [0.1, 0.15) is 0 Å². The van der Waals surface area contributed by atoms with Gasteiger partial charge in [0.25, 0.3) is 0 Å². The van der Waals surface area contributed by atoms with Gasteiger partial charge in [0.2, 0.25) is 35.4 Å². The first-order valence-electron chi connectivity index (χ1n) is 13.3. The molecule has 0 radical (unpaired) electrons. The van der Waals surface area contributed by atoms with Crippen molar-refractivity contribution in [3.8, 4) is 0 Å². The van der Waals surface area contributed by atoms with Crippen molar-refractivity contribution >= 4 is 46.8 Å². The Labute approximate surface area is 239 Å². The number of hydrogen-bond acceptors (Lipinski definition) is 6. The smallest absolute Gasteiger partial charge is 0.238 e. The zero-order valence-electron chi connectivity index (χ0n) is 23.9. The largest absolute Gasteiger partial charge is 0.326 e. The predicted octanol–water partition coefficient (Wildman–Crippen LogP) is 2.52. The summed E-state index contributed by atoms with van der Waals surface area (Å²) in [5.74, 6) is -2.73. The van der Waals surface area contributed by atoms with Crippen LogP contribution >= 0.6 is 0 Å². The summed E-state index contributed by atoms with van der Waals surface area (Å²) >= 11 is 0. The van der Waals surface area contributed by atoms with Gasteiger partial charge in [0.05, 0.1) is 0 Å². The molecule has 0 heterocycles. The quantitative estimate of drug-likeness (QED) is 0.215. The molecule has 12 heteroatoms. The van der Waals surface area contributed by atoms with Gasteiger partial charge in [-0.1, -0.05) is 12.1 Å². The van der Waals surface area contributed by atoms with Gasteiger partial charge in [-0.15, -0.1) is 0 Å². The zero-order chi connectivity index (χ0) is 30.4. The average Bonchev–Trinajstić information content (AvgIpc) is 2.92. The number of carbonyl (C=O) groups excluding carboxylic acids is 6. The van der Waals surface area contributed by atoms with E-state index in [0.29, 0.717) is 11.4 Å². The van der Waals surface area contributed by atoms with Crippen LogP contribution in [0.1, 0.15) is 67.2 Å². The maximum atomic E-state index is 12.0. The molecule has 0 aliphatic carbocycles. The van der Waals surface area contributed by atoms with Crippen molar-refractivity contribution in [1.29, 1.82) is 0 Å². The molecular weight excluding hydrogens is 528 g/mol. The van der Waals surface area contributed by atoms with E-state index in [4.69, 9.17) is 0 Å².